The normalized spacial score (nSPS) is 22.5. The molecule has 0 aromatic heterocycles. The van der Waals surface area contributed by atoms with Gasteiger partial charge in [0.05, 0.1) is 11.2 Å². The highest BCUT2D eigenvalue weighted by Crippen LogP contribution is 2.52. The van der Waals surface area contributed by atoms with Crippen LogP contribution in [0.1, 0.15) is 34.1 Å². The molecule has 0 bridgehead atoms. The molecule has 0 saturated carbocycles. The molecule has 0 spiro atoms. The first-order chi connectivity index (χ1) is 9.99. The summed E-state index contributed by atoms with van der Waals surface area (Å²) in [5.74, 6) is -8.11. The highest BCUT2D eigenvalue weighted by atomic mass is 19.4. The van der Waals surface area contributed by atoms with Gasteiger partial charge in [-0.2, -0.15) is 26.3 Å². The third kappa shape index (κ3) is 4.31. The minimum atomic E-state index is -5.68. The fourth-order valence-electron chi connectivity index (χ4n) is 2.31. The molecule has 1 heterocycles. The summed E-state index contributed by atoms with van der Waals surface area (Å²) in [6.45, 7) is 5.78. The molecule has 23 heavy (non-hydrogen) atoms. The lowest BCUT2D eigenvalue weighted by molar-refractivity contribution is -0.286. The Hall–Kier alpha value is -0.965. The summed E-state index contributed by atoms with van der Waals surface area (Å²) in [5.41, 5.74) is -2.37. The number of carboxylic acid groups (broad SMARTS) is 1. The minimum absolute atomic E-state index is 1.18. The van der Waals surface area contributed by atoms with Crippen LogP contribution in [0.25, 0.3) is 0 Å². The van der Waals surface area contributed by atoms with E-state index in [9.17, 15) is 31.1 Å². The number of carbonyl (C=O) groups is 1. The lowest BCUT2D eigenvalue weighted by Crippen LogP contribution is -2.46. The van der Waals surface area contributed by atoms with Crippen LogP contribution >= 0.6 is 0 Å². The van der Waals surface area contributed by atoms with E-state index in [-0.39, 0.29) is 0 Å². The van der Waals surface area contributed by atoms with E-state index < -0.39 is 54.8 Å². The molecule has 1 fully saturated rings. The van der Waals surface area contributed by atoms with Crippen LogP contribution in [0.4, 0.5) is 26.3 Å². The first kappa shape index (κ1) is 20.1. The van der Waals surface area contributed by atoms with Crippen LogP contribution in [-0.4, -0.2) is 41.7 Å². The standard InChI is InChI=1S/C12H17BF6O4/c1-9(2)10(3,4)23-13(22-9)6(5-7(20)21)8(11(14,15)16)12(17,18)19/h6,8H,5H2,1-4H3,(H,20,21). The second-order valence-electron chi connectivity index (χ2n) is 6.45. The number of hydrogen-bond donors (Lipinski definition) is 1. The van der Waals surface area contributed by atoms with Crippen LogP contribution in [0.2, 0.25) is 5.82 Å². The molecule has 1 atom stereocenters. The lowest BCUT2D eigenvalue weighted by Gasteiger charge is -2.32. The molecule has 0 aromatic carbocycles. The van der Waals surface area contributed by atoms with Crippen molar-refractivity contribution in [2.45, 2.75) is 63.5 Å². The van der Waals surface area contributed by atoms with Crippen molar-refractivity contribution in [3.63, 3.8) is 0 Å². The number of alkyl halides is 6. The van der Waals surface area contributed by atoms with Gasteiger partial charge in [-0.3, -0.25) is 4.79 Å². The number of carboxylic acids is 1. The Morgan fingerprint density at radius 1 is 1.00 bits per heavy atom. The Morgan fingerprint density at radius 3 is 1.61 bits per heavy atom. The van der Waals surface area contributed by atoms with Gasteiger partial charge in [0.2, 0.25) is 0 Å². The van der Waals surface area contributed by atoms with Crippen molar-refractivity contribution in [3.8, 4) is 0 Å². The Bertz CT molecular complexity index is 429. The van der Waals surface area contributed by atoms with Crippen LogP contribution in [0.15, 0.2) is 0 Å². The second kappa shape index (κ2) is 5.84. The first-order valence-electron chi connectivity index (χ1n) is 6.70. The van der Waals surface area contributed by atoms with Crippen LogP contribution in [0.5, 0.6) is 0 Å². The van der Waals surface area contributed by atoms with Crippen LogP contribution in [0, 0.1) is 5.92 Å². The molecule has 0 radical (unpaired) electrons. The quantitative estimate of drug-likeness (QED) is 0.621. The number of rotatable bonds is 4. The van der Waals surface area contributed by atoms with E-state index in [4.69, 9.17) is 14.4 Å². The SMILES string of the molecule is CC1(C)OB(C(CC(=O)O)C(C(F)(F)F)C(F)(F)F)OC1(C)C. The van der Waals surface area contributed by atoms with Gasteiger partial charge in [-0.1, -0.05) is 0 Å². The summed E-state index contributed by atoms with van der Waals surface area (Å²) < 4.78 is 88.0. The van der Waals surface area contributed by atoms with Gasteiger partial charge in [0.25, 0.3) is 0 Å². The third-order valence-electron chi connectivity index (χ3n) is 4.16. The fourth-order valence-corrected chi connectivity index (χ4v) is 2.31. The largest absolute Gasteiger partial charge is 0.481 e. The topological polar surface area (TPSA) is 55.8 Å². The number of aliphatic carboxylic acids is 1. The average molecular weight is 350 g/mol. The molecule has 134 valence electrons. The van der Waals surface area contributed by atoms with Gasteiger partial charge in [-0.05, 0) is 27.7 Å². The summed E-state index contributed by atoms with van der Waals surface area (Å²) in [4.78, 5) is 10.8. The Kier molecular flexibility index (Phi) is 5.10. The predicted octanol–water partition coefficient (Wildman–Crippen LogP) is 3.66. The summed E-state index contributed by atoms with van der Waals surface area (Å²) in [5, 5.41) is 8.74. The van der Waals surface area contributed by atoms with Crippen molar-refractivity contribution in [2.75, 3.05) is 0 Å². The van der Waals surface area contributed by atoms with Gasteiger partial charge < -0.3 is 14.4 Å². The average Bonchev–Trinajstić information content (AvgIpc) is 2.42. The zero-order valence-electron chi connectivity index (χ0n) is 12.9. The van der Waals surface area contributed by atoms with Crippen molar-refractivity contribution in [3.05, 3.63) is 0 Å². The monoisotopic (exact) mass is 350 g/mol. The van der Waals surface area contributed by atoms with Crippen molar-refractivity contribution < 1.29 is 45.6 Å². The van der Waals surface area contributed by atoms with Crippen molar-refractivity contribution in [2.24, 2.45) is 5.92 Å². The van der Waals surface area contributed by atoms with Gasteiger partial charge in [-0.25, -0.2) is 0 Å². The van der Waals surface area contributed by atoms with Gasteiger partial charge >= 0.3 is 25.4 Å². The smallest absolute Gasteiger partial charge is 0.462 e. The molecule has 11 heteroatoms. The zero-order valence-corrected chi connectivity index (χ0v) is 12.9. The van der Waals surface area contributed by atoms with E-state index in [0.29, 0.717) is 0 Å². The van der Waals surface area contributed by atoms with Gasteiger partial charge in [0, 0.05) is 12.2 Å². The van der Waals surface area contributed by atoms with Crippen LogP contribution < -0.4 is 0 Å². The van der Waals surface area contributed by atoms with Crippen molar-refractivity contribution in [1.29, 1.82) is 0 Å². The molecule has 0 aromatic rings. The molecule has 1 aliphatic rings. The summed E-state index contributed by atoms with van der Waals surface area (Å²) >= 11 is 0. The van der Waals surface area contributed by atoms with Crippen molar-refractivity contribution >= 4 is 13.1 Å². The van der Waals surface area contributed by atoms with Crippen LogP contribution in [0.3, 0.4) is 0 Å². The van der Waals surface area contributed by atoms with E-state index in [2.05, 4.69) is 0 Å². The first-order valence-corrected chi connectivity index (χ1v) is 6.70. The van der Waals surface area contributed by atoms with Gasteiger partial charge in [0.1, 0.15) is 0 Å². The molecule has 1 saturated heterocycles. The molecule has 1 aliphatic heterocycles. The van der Waals surface area contributed by atoms with E-state index >= 15 is 0 Å². The molecule has 4 nitrogen and oxygen atoms in total. The number of halogens is 6. The van der Waals surface area contributed by atoms with Gasteiger partial charge in [-0.15, -0.1) is 0 Å². The molecule has 1 N–H and O–H groups in total. The third-order valence-corrected chi connectivity index (χ3v) is 4.16. The maximum Gasteiger partial charge on any atom is 0.462 e. The molecule has 0 amide bonds. The zero-order chi connectivity index (χ0) is 18.4. The van der Waals surface area contributed by atoms with E-state index in [1.54, 1.807) is 0 Å². The summed E-state index contributed by atoms with van der Waals surface area (Å²) in [6, 6.07) is 0. The Labute approximate surface area is 129 Å². The van der Waals surface area contributed by atoms with Gasteiger partial charge in [0.15, 0.2) is 5.92 Å². The fraction of sp³-hybridized carbons (Fsp3) is 0.917. The highest BCUT2D eigenvalue weighted by Gasteiger charge is 2.66. The highest BCUT2D eigenvalue weighted by molar-refractivity contribution is 6.48. The predicted molar refractivity (Wildman–Crippen MR) is 67.7 cm³/mol. The Morgan fingerprint density at radius 2 is 1.35 bits per heavy atom. The molecule has 0 aliphatic carbocycles. The molecular weight excluding hydrogens is 333 g/mol. The Balaban J connectivity index is 3.27. The minimum Gasteiger partial charge on any atom is -0.481 e. The van der Waals surface area contributed by atoms with Crippen molar-refractivity contribution in [1.82, 2.24) is 0 Å². The molecule has 1 unspecified atom stereocenters. The van der Waals surface area contributed by atoms with E-state index in [0.717, 1.165) is 0 Å². The van der Waals surface area contributed by atoms with Crippen LogP contribution in [-0.2, 0) is 14.1 Å². The van der Waals surface area contributed by atoms with E-state index in [1.165, 1.54) is 27.7 Å². The summed E-state index contributed by atoms with van der Waals surface area (Å²) in [6.07, 6.45) is -12.7. The molecule has 1 rings (SSSR count). The van der Waals surface area contributed by atoms with E-state index in [1.807, 2.05) is 0 Å². The lowest BCUT2D eigenvalue weighted by atomic mass is 9.62. The maximum absolute atomic E-state index is 12.9. The maximum atomic E-state index is 12.9. The number of hydrogen-bond acceptors (Lipinski definition) is 3. The summed E-state index contributed by atoms with van der Waals surface area (Å²) in [7, 11) is -1.94. The second-order valence-corrected chi connectivity index (χ2v) is 6.45. The molecular formula is C12H17BF6O4.